The molecule has 1 fully saturated rings. The fourth-order valence-electron chi connectivity index (χ4n) is 2.26. The molecule has 1 aromatic heterocycles. The van der Waals surface area contributed by atoms with Crippen LogP contribution < -0.4 is 21.7 Å². The highest BCUT2D eigenvalue weighted by atomic mass is 32.1. The lowest BCUT2D eigenvalue weighted by Gasteiger charge is -2.12. The van der Waals surface area contributed by atoms with Crippen LogP contribution in [-0.2, 0) is 0 Å². The molecule has 0 saturated carbocycles. The van der Waals surface area contributed by atoms with Gasteiger partial charge in [0.2, 0.25) is 0 Å². The Hall–Kier alpha value is -1.38. The van der Waals surface area contributed by atoms with Gasteiger partial charge < -0.3 is 26.6 Å². The van der Waals surface area contributed by atoms with Crippen LogP contribution in [0.3, 0.4) is 0 Å². The van der Waals surface area contributed by atoms with Crippen molar-refractivity contribution in [1.82, 2.24) is 15.2 Å². The highest BCUT2D eigenvalue weighted by Gasteiger charge is 2.24. The standard InChI is InChI=1S/C13H24N6OS/c1-18(2)6-3-5-16-12(20)10-11(15)17-13(21-10)19-7-4-9(14)8-19/h9H,3-8,14-15H2,1-2H3,(H,16,20). The van der Waals surface area contributed by atoms with Crippen LogP contribution in [0.2, 0.25) is 0 Å². The van der Waals surface area contributed by atoms with E-state index < -0.39 is 0 Å². The molecule has 0 bridgehead atoms. The second kappa shape index (κ2) is 7.06. The summed E-state index contributed by atoms with van der Waals surface area (Å²) in [7, 11) is 4.02. The van der Waals surface area contributed by atoms with Gasteiger partial charge in [0.15, 0.2) is 5.13 Å². The summed E-state index contributed by atoms with van der Waals surface area (Å²) in [6, 6.07) is 0.179. The first-order valence-corrected chi connectivity index (χ1v) is 7.98. The molecule has 1 aromatic rings. The summed E-state index contributed by atoms with van der Waals surface area (Å²) in [4.78, 5) is 21.1. The second-order valence-electron chi connectivity index (χ2n) is 5.62. The van der Waals surface area contributed by atoms with Crippen molar-refractivity contribution in [1.29, 1.82) is 0 Å². The first-order valence-electron chi connectivity index (χ1n) is 7.17. The highest BCUT2D eigenvalue weighted by molar-refractivity contribution is 7.18. The van der Waals surface area contributed by atoms with Crippen LogP contribution in [0, 0.1) is 0 Å². The molecule has 1 atom stereocenters. The van der Waals surface area contributed by atoms with Gasteiger partial charge in [-0.25, -0.2) is 4.98 Å². The van der Waals surface area contributed by atoms with Crippen molar-refractivity contribution in [2.45, 2.75) is 18.9 Å². The number of rotatable bonds is 6. The fraction of sp³-hybridized carbons (Fsp3) is 0.692. The average Bonchev–Trinajstić information content (AvgIpc) is 3.00. The molecule has 0 aliphatic carbocycles. The first kappa shape index (κ1) is 16.0. The number of nitrogens with zero attached hydrogens (tertiary/aromatic N) is 3. The molecule has 118 valence electrons. The summed E-state index contributed by atoms with van der Waals surface area (Å²) >= 11 is 1.34. The molecule has 8 heteroatoms. The normalized spacial score (nSPS) is 18.5. The lowest BCUT2D eigenvalue weighted by Crippen LogP contribution is -2.27. The van der Waals surface area contributed by atoms with E-state index in [0.29, 0.717) is 17.2 Å². The Morgan fingerprint density at radius 1 is 1.57 bits per heavy atom. The van der Waals surface area contributed by atoms with Crippen LogP contribution in [0.15, 0.2) is 0 Å². The minimum absolute atomic E-state index is 0.140. The maximum atomic E-state index is 12.1. The quantitative estimate of drug-likeness (QED) is 0.637. The van der Waals surface area contributed by atoms with Gasteiger partial charge in [-0.3, -0.25) is 4.79 Å². The van der Waals surface area contributed by atoms with E-state index in [0.717, 1.165) is 37.6 Å². The van der Waals surface area contributed by atoms with Crippen LogP contribution >= 0.6 is 11.3 Å². The highest BCUT2D eigenvalue weighted by Crippen LogP contribution is 2.30. The van der Waals surface area contributed by atoms with Gasteiger partial charge in [-0.1, -0.05) is 11.3 Å². The van der Waals surface area contributed by atoms with E-state index in [2.05, 4.69) is 20.1 Å². The summed E-state index contributed by atoms with van der Waals surface area (Å²) in [5, 5.41) is 3.68. The minimum atomic E-state index is -0.140. The number of nitrogens with one attached hydrogen (secondary N) is 1. The van der Waals surface area contributed by atoms with Crippen LogP contribution in [0.1, 0.15) is 22.5 Å². The number of nitrogens with two attached hydrogens (primary N) is 2. The third kappa shape index (κ3) is 4.29. The number of nitrogen functional groups attached to an aromatic ring is 1. The van der Waals surface area contributed by atoms with Crippen molar-refractivity contribution in [2.75, 3.05) is 50.9 Å². The number of amides is 1. The molecule has 21 heavy (non-hydrogen) atoms. The van der Waals surface area contributed by atoms with Crippen LogP contribution in [0.25, 0.3) is 0 Å². The number of hydrogen-bond acceptors (Lipinski definition) is 7. The van der Waals surface area contributed by atoms with Crippen molar-refractivity contribution in [2.24, 2.45) is 5.73 Å². The Kier molecular flexibility index (Phi) is 5.38. The van der Waals surface area contributed by atoms with Crippen LogP contribution in [0.5, 0.6) is 0 Å². The van der Waals surface area contributed by atoms with Gasteiger partial charge in [0.05, 0.1) is 0 Å². The SMILES string of the molecule is CN(C)CCCNC(=O)c1sc(N2CCC(N)C2)nc1N. The average molecular weight is 312 g/mol. The zero-order valence-corrected chi connectivity index (χ0v) is 13.4. The number of carbonyl (C=O) groups is 1. The number of hydrogen-bond donors (Lipinski definition) is 3. The second-order valence-corrected chi connectivity index (χ2v) is 6.60. The van der Waals surface area contributed by atoms with Gasteiger partial charge in [0, 0.05) is 25.7 Å². The molecule has 1 aliphatic rings. The summed E-state index contributed by atoms with van der Waals surface area (Å²) in [5.74, 6) is 0.166. The van der Waals surface area contributed by atoms with E-state index in [1.165, 1.54) is 11.3 Å². The summed E-state index contributed by atoms with van der Waals surface area (Å²) in [6.45, 7) is 3.22. The molecule has 2 rings (SSSR count). The van der Waals surface area contributed by atoms with Gasteiger partial charge >= 0.3 is 0 Å². The first-order chi connectivity index (χ1) is 9.97. The number of aromatic nitrogens is 1. The molecule has 0 spiro atoms. The minimum Gasteiger partial charge on any atom is -0.382 e. The van der Waals surface area contributed by atoms with Gasteiger partial charge in [-0.05, 0) is 33.5 Å². The summed E-state index contributed by atoms with van der Waals surface area (Å²) in [5.41, 5.74) is 11.8. The lowest BCUT2D eigenvalue weighted by molar-refractivity contribution is 0.0957. The number of anilines is 2. The molecule has 5 N–H and O–H groups in total. The molecular formula is C13H24N6OS. The van der Waals surface area contributed by atoms with E-state index in [1.54, 1.807) is 0 Å². The molecule has 2 heterocycles. The smallest absolute Gasteiger partial charge is 0.265 e. The Bertz CT molecular complexity index is 489. The van der Waals surface area contributed by atoms with Crippen molar-refractivity contribution in [3.63, 3.8) is 0 Å². The third-order valence-corrected chi connectivity index (χ3v) is 4.54. The monoisotopic (exact) mass is 312 g/mol. The van der Waals surface area contributed by atoms with Crippen molar-refractivity contribution in [3.8, 4) is 0 Å². The Morgan fingerprint density at radius 2 is 2.33 bits per heavy atom. The predicted octanol–water partition coefficient (Wildman–Crippen LogP) is -0.0558. The van der Waals surface area contributed by atoms with Gasteiger partial charge in [-0.15, -0.1) is 0 Å². The van der Waals surface area contributed by atoms with E-state index in [-0.39, 0.29) is 11.9 Å². The molecule has 0 aromatic carbocycles. The number of thiazole rings is 1. The van der Waals surface area contributed by atoms with E-state index in [4.69, 9.17) is 11.5 Å². The lowest BCUT2D eigenvalue weighted by atomic mass is 10.3. The zero-order valence-electron chi connectivity index (χ0n) is 12.6. The van der Waals surface area contributed by atoms with Crippen molar-refractivity contribution < 1.29 is 4.79 Å². The maximum Gasteiger partial charge on any atom is 0.265 e. The van der Waals surface area contributed by atoms with Crippen LogP contribution in [-0.4, -0.2) is 62.1 Å². The third-order valence-electron chi connectivity index (χ3n) is 3.41. The van der Waals surface area contributed by atoms with Crippen LogP contribution in [0.4, 0.5) is 10.9 Å². The van der Waals surface area contributed by atoms with Gasteiger partial charge in [0.25, 0.3) is 5.91 Å². The fourth-order valence-corrected chi connectivity index (χ4v) is 3.19. The molecule has 1 amide bonds. The van der Waals surface area contributed by atoms with Gasteiger partial charge in [-0.2, -0.15) is 0 Å². The summed E-state index contributed by atoms with van der Waals surface area (Å²) in [6.07, 6.45) is 1.86. The van der Waals surface area contributed by atoms with Crippen molar-refractivity contribution >= 4 is 28.2 Å². The Labute approximate surface area is 129 Å². The van der Waals surface area contributed by atoms with Gasteiger partial charge in [0.1, 0.15) is 10.7 Å². The largest absolute Gasteiger partial charge is 0.382 e. The molecular weight excluding hydrogens is 288 g/mol. The summed E-state index contributed by atoms with van der Waals surface area (Å²) < 4.78 is 0. The van der Waals surface area contributed by atoms with E-state index >= 15 is 0 Å². The topological polar surface area (TPSA) is 101 Å². The Balaban J connectivity index is 1.90. The maximum absolute atomic E-state index is 12.1. The molecule has 0 radical (unpaired) electrons. The Morgan fingerprint density at radius 3 is 2.95 bits per heavy atom. The predicted molar refractivity (Wildman–Crippen MR) is 86.8 cm³/mol. The molecule has 1 saturated heterocycles. The van der Waals surface area contributed by atoms with E-state index in [9.17, 15) is 4.79 Å². The molecule has 1 unspecified atom stereocenters. The van der Waals surface area contributed by atoms with Crippen molar-refractivity contribution in [3.05, 3.63) is 4.88 Å². The van der Waals surface area contributed by atoms with E-state index in [1.807, 2.05) is 14.1 Å². The number of carbonyl (C=O) groups excluding carboxylic acids is 1. The molecule has 7 nitrogen and oxygen atoms in total. The molecule has 1 aliphatic heterocycles. The zero-order chi connectivity index (χ0) is 15.4.